The predicted molar refractivity (Wildman–Crippen MR) is 119 cm³/mol. The average molecular weight is 426 g/mol. The van der Waals surface area contributed by atoms with E-state index in [0.29, 0.717) is 26.4 Å². The predicted octanol–water partition coefficient (Wildman–Crippen LogP) is 5.26. The SMILES string of the molecule is COCc1cc(CO[Si](C)(C)C(C)(C)C)cc(OCCNC(=O)OC(C)(C)C)c1. The van der Waals surface area contributed by atoms with Gasteiger partial charge in [0.1, 0.15) is 18.0 Å². The molecule has 0 fully saturated rings. The van der Waals surface area contributed by atoms with Gasteiger partial charge in [-0.1, -0.05) is 26.8 Å². The maximum Gasteiger partial charge on any atom is 0.407 e. The van der Waals surface area contributed by atoms with Crippen LogP contribution < -0.4 is 10.1 Å². The lowest BCUT2D eigenvalue weighted by molar-refractivity contribution is 0.0520. The number of nitrogens with one attached hydrogen (secondary N) is 1. The van der Waals surface area contributed by atoms with Gasteiger partial charge >= 0.3 is 6.09 Å². The summed E-state index contributed by atoms with van der Waals surface area (Å²) in [4.78, 5) is 11.7. The van der Waals surface area contributed by atoms with Crippen LogP contribution in [0.3, 0.4) is 0 Å². The molecule has 0 bridgehead atoms. The number of methoxy groups -OCH3 is 1. The second-order valence-corrected chi connectivity index (χ2v) is 14.6. The lowest BCUT2D eigenvalue weighted by Crippen LogP contribution is -2.40. The molecule has 1 N–H and O–H groups in total. The van der Waals surface area contributed by atoms with Crippen molar-refractivity contribution in [3.63, 3.8) is 0 Å². The number of benzene rings is 1. The minimum absolute atomic E-state index is 0.157. The molecule has 1 aromatic rings. The summed E-state index contributed by atoms with van der Waals surface area (Å²) < 4.78 is 22.7. The first-order chi connectivity index (χ1) is 13.2. The van der Waals surface area contributed by atoms with Crippen molar-refractivity contribution in [2.75, 3.05) is 20.3 Å². The molecule has 1 rings (SSSR count). The number of alkyl carbamates (subject to hydrolysis) is 1. The monoisotopic (exact) mass is 425 g/mol. The molecule has 0 spiro atoms. The zero-order chi connectivity index (χ0) is 22.3. The number of rotatable bonds is 9. The highest BCUT2D eigenvalue weighted by atomic mass is 28.4. The molecule has 0 unspecified atom stereocenters. The smallest absolute Gasteiger partial charge is 0.407 e. The minimum Gasteiger partial charge on any atom is -0.492 e. The minimum atomic E-state index is -1.84. The van der Waals surface area contributed by atoms with Crippen molar-refractivity contribution < 1.29 is 23.4 Å². The highest BCUT2D eigenvalue weighted by Gasteiger charge is 2.37. The first-order valence-electron chi connectivity index (χ1n) is 10.1. The van der Waals surface area contributed by atoms with E-state index in [2.05, 4.69) is 45.2 Å². The van der Waals surface area contributed by atoms with E-state index in [1.165, 1.54) is 0 Å². The van der Waals surface area contributed by atoms with Crippen molar-refractivity contribution in [2.24, 2.45) is 0 Å². The van der Waals surface area contributed by atoms with Crippen molar-refractivity contribution in [1.29, 1.82) is 0 Å². The van der Waals surface area contributed by atoms with Gasteiger partial charge in [-0.05, 0) is 62.2 Å². The van der Waals surface area contributed by atoms with Gasteiger partial charge in [0.05, 0.1) is 19.8 Å². The van der Waals surface area contributed by atoms with Crippen LogP contribution in [0.1, 0.15) is 52.7 Å². The van der Waals surface area contributed by atoms with E-state index in [4.69, 9.17) is 18.6 Å². The second-order valence-electron chi connectivity index (χ2n) is 9.74. The van der Waals surface area contributed by atoms with Crippen LogP contribution in [0.4, 0.5) is 4.79 Å². The first-order valence-corrected chi connectivity index (χ1v) is 13.0. The van der Waals surface area contributed by atoms with E-state index in [0.717, 1.165) is 16.9 Å². The van der Waals surface area contributed by atoms with Gasteiger partial charge < -0.3 is 24.0 Å². The van der Waals surface area contributed by atoms with Crippen LogP contribution >= 0.6 is 0 Å². The molecule has 0 saturated heterocycles. The van der Waals surface area contributed by atoms with Gasteiger partial charge in [-0.25, -0.2) is 4.79 Å². The van der Waals surface area contributed by atoms with E-state index in [1.807, 2.05) is 32.9 Å². The molecule has 0 atom stereocenters. The molecule has 0 heterocycles. The molecular formula is C22H39NO5Si. The standard InChI is InChI=1S/C22H39NO5Si/c1-21(2,3)28-20(24)23-10-11-26-19-13-17(15-25-7)12-18(14-19)16-27-29(8,9)22(4,5)6/h12-14H,10-11,15-16H2,1-9H3,(H,23,24). The molecule has 7 heteroatoms. The summed E-state index contributed by atoms with van der Waals surface area (Å²) in [7, 11) is -0.167. The number of amides is 1. The quantitative estimate of drug-likeness (QED) is 0.432. The Morgan fingerprint density at radius 2 is 1.59 bits per heavy atom. The summed E-state index contributed by atoms with van der Waals surface area (Å²) in [5.74, 6) is 0.736. The third kappa shape index (κ3) is 9.65. The Morgan fingerprint density at radius 3 is 2.10 bits per heavy atom. The molecule has 1 amide bonds. The summed E-state index contributed by atoms with van der Waals surface area (Å²) in [5.41, 5.74) is 1.57. The third-order valence-electron chi connectivity index (χ3n) is 4.78. The van der Waals surface area contributed by atoms with Crippen LogP contribution in [-0.4, -0.2) is 40.3 Å². The fourth-order valence-corrected chi connectivity index (χ4v) is 3.22. The van der Waals surface area contributed by atoms with Gasteiger partial charge in [-0.3, -0.25) is 0 Å². The highest BCUT2D eigenvalue weighted by molar-refractivity contribution is 6.74. The fraction of sp³-hybridized carbons (Fsp3) is 0.682. The van der Waals surface area contributed by atoms with Gasteiger partial charge in [0, 0.05) is 7.11 Å². The van der Waals surface area contributed by atoms with Crippen LogP contribution in [0.15, 0.2) is 18.2 Å². The molecule has 29 heavy (non-hydrogen) atoms. The van der Waals surface area contributed by atoms with E-state index in [-0.39, 0.29) is 5.04 Å². The van der Waals surface area contributed by atoms with Crippen molar-refractivity contribution in [2.45, 2.75) is 78.5 Å². The zero-order valence-electron chi connectivity index (χ0n) is 19.6. The molecule has 1 aromatic carbocycles. The number of carbonyl (C=O) groups excluding carboxylic acids is 1. The van der Waals surface area contributed by atoms with Crippen molar-refractivity contribution in [1.82, 2.24) is 5.32 Å². The molecule has 6 nitrogen and oxygen atoms in total. The fourth-order valence-electron chi connectivity index (χ4n) is 2.26. The van der Waals surface area contributed by atoms with E-state index in [9.17, 15) is 4.79 Å². The molecule has 0 radical (unpaired) electrons. The van der Waals surface area contributed by atoms with Gasteiger partial charge in [0.15, 0.2) is 8.32 Å². The van der Waals surface area contributed by atoms with Crippen molar-refractivity contribution in [3.05, 3.63) is 29.3 Å². The van der Waals surface area contributed by atoms with Crippen LogP contribution in [0.25, 0.3) is 0 Å². The Balaban J connectivity index is 2.69. The summed E-state index contributed by atoms with van der Waals surface area (Å²) in [5, 5.41) is 2.85. The lowest BCUT2D eigenvalue weighted by Gasteiger charge is -2.36. The highest BCUT2D eigenvalue weighted by Crippen LogP contribution is 2.37. The largest absolute Gasteiger partial charge is 0.492 e. The first kappa shape index (κ1) is 25.5. The Kier molecular flexibility index (Phi) is 9.18. The average Bonchev–Trinajstić information content (AvgIpc) is 2.55. The van der Waals surface area contributed by atoms with Gasteiger partial charge in [-0.15, -0.1) is 0 Å². The number of ether oxygens (including phenoxy) is 3. The normalized spacial score (nSPS) is 12.6. The van der Waals surface area contributed by atoms with E-state index in [1.54, 1.807) is 7.11 Å². The zero-order valence-corrected chi connectivity index (χ0v) is 20.6. The van der Waals surface area contributed by atoms with E-state index >= 15 is 0 Å². The van der Waals surface area contributed by atoms with Crippen molar-refractivity contribution >= 4 is 14.4 Å². The van der Waals surface area contributed by atoms with E-state index < -0.39 is 20.0 Å². The Bertz CT molecular complexity index is 662. The molecule has 0 aliphatic carbocycles. The van der Waals surface area contributed by atoms with Gasteiger partial charge in [-0.2, -0.15) is 0 Å². The van der Waals surface area contributed by atoms with Crippen molar-refractivity contribution in [3.8, 4) is 5.75 Å². The Labute approximate surface area is 177 Å². The molecular weight excluding hydrogens is 386 g/mol. The Morgan fingerprint density at radius 1 is 1.00 bits per heavy atom. The number of hydrogen-bond donors (Lipinski definition) is 1. The molecule has 0 aliphatic rings. The lowest BCUT2D eigenvalue weighted by atomic mass is 10.1. The number of hydrogen-bond acceptors (Lipinski definition) is 5. The molecule has 166 valence electrons. The Hall–Kier alpha value is -1.57. The molecule has 0 saturated carbocycles. The maximum absolute atomic E-state index is 11.7. The van der Waals surface area contributed by atoms with Gasteiger partial charge in [0.2, 0.25) is 0 Å². The molecule has 0 aromatic heterocycles. The molecule has 0 aliphatic heterocycles. The van der Waals surface area contributed by atoms with Crippen LogP contribution in [0.2, 0.25) is 18.1 Å². The third-order valence-corrected chi connectivity index (χ3v) is 9.26. The summed E-state index contributed by atoms with van der Waals surface area (Å²) in [6, 6.07) is 6.02. The van der Waals surface area contributed by atoms with Gasteiger partial charge in [0.25, 0.3) is 0 Å². The maximum atomic E-state index is 11.7. The van der Waals surface area contributed by atoms with Crippen LogP contribution in [-0.2, 0) is 27.1 Å². The number of carbonyl (C=O) groups is 1. The summed E-state index contributed by atoms with van der Waals surface area (Å²) in [6.07, 6.45) is -0.447. The summed E-state index contributed by atoms with van der Waals surface area (Å²) >= 11 is 0. The second kappa shape index (κ2) is 10.5. The topological polar surface area (TPSA) is 66.0 Å². The van der Waals surface area contributed by atoms with Crippen LogP contribution in [0, 0.1) is 0 Å². The van der Waals surface area contributed by atoms with Crippen LogP contribution in [0.5, 0.6) is 5.75 Å². The summed E-state index contributed by atoms with van der Waals surface area (Å²) in [6.45, 7) is 18.4.